The SMILES string of the molecule is CC1(C(=O)O)C=CCC(N)(C(=O)O)C1. The van der Waals surface area contributed by atoms with Gasteiger partial charge in [0, 0.05) is 0 Å². The maximum atomic E-state index is 10.9. The lowest BCUT2D eigenvalue weighted by Crippen LogP contribution is -2.53. The molecule has 0 fully saturated rings. The van der Waals surface area contributed by atoms with Gasteiger partial charge in [0.2, 0.25) is 0 Å². The average molecular weight is 199 g/mol. The highest BCUT2D eigenvalue weighted by atomic mass is 16.4. The number of hydrogen-bond donors (Lipinski definition) is 3. The van der Waals surface area contributed by atoms with Gasteiger partial charge in [-0.25, -0.2) is 0 Å². The molecule has 4 N–H and O–H groups in total. The number of nitrogens with two attached hydrogens (primary N) is 1. The summed E-state index contributed by atoms with van der Waals surface area (Å²) in [6, 6.07) is 0. The Hall–Kier alpha value is -1.36. The van der Waals surface area contributed by atoms with Gasteiger partial charge in [-0.2, -0.15) is 0 Å². The van der Waals surface area contributed by atoms with Crippen LogP contribution in [0, 0.1) is 5.41 Å². The third-order valence-electron chi connectivity index (χ3n) is 2.56. The molecule has 2 unspecified atom stereocenters. The van der Waals surface area contributed by atoms with Gasteiger partial charge in [-0.3, -0.25) is 9.59 Å². The van der Waals surface area contributed by atoms with Crippen LogP contribution in [0.15, 0.2) is 12.2 Å². The molecule has 1 rings (SSSR count). The van der Waals surface area contributed by atoms with Crippen LogP contribution in [0.4, 0.5) is 0 Å². The molecule has 0 spiro atoms. The van der Waals surface area contributed by atoms with Crippen molar-refractivity contribution >= 4 is 11.9 Å². The Morgan fingerprint density at radius 1 is 1.36 bits per heavy atom. The molecular formula is C9H13NO4. The van der Waals surface area contributed by atoms with Crippen LogP contribution < -0.4 is 5.73 Å². The van der Waals surface area contributed by atoms with E-state index in [9.17, 15) is 9.59 Å². The summed E-state index contributed by atoms with van der Waals surface area (Å²) in [4.78, 5) is 21.7. The lowest BCUT2D eigenvalue weighted by atomic mass is 9.71. The molecule has 0 aromatic rings. The maximum Gasteiger partial charge on any atom is 0.324 e. The third-order valence-corrected chi connectivity index (χ3v) is 2.56. The van der Waals surface area contributed by atoms with Crippen molar-refractivity contribution in [3.63, 3.8) is 0 Å². The van der Waals surface area contributed by atoms with E-state index in [0.29, 0.717) is 0 Å². The van der Waals surface area contributed by atoms with Crippen LogP contribution in [-0.2, 0) is 9.59 Å². The van der Waals surface area contributed by atoms with Crippen LogP contribution >= 0.6 is 0 Å². The Labute approximate surface area is 81.2 Å². The van der Waals surface area contributed by atoms with Crippen molar-refractivity contribution in [1.82, 2.24) is 0 Å². The lowest BCUT2D eigenvalue weighted by molar-refractivity contribution is -0.150. The predicted molar refractivity (Wildman–Crippen MR) is 48.7 cm³/mol. The summed E-state index contributed by atoms with van der Waals surface area (Å²) in [6.45, 7) is 1.47. The minimum Gasteiger partial charge on any atom is -0.481 e. The quantitative estimate of drug-likeness (QED) is 0.552. The first kappa shape index (κ1) is 10.7. The van der Waals surface area contributed by atoms with Crippen molar-refractivity contribution in [2.75, 3.05) is 0 Å². The second kappa shape index (κ2) is 3.09. The molecular weight excluding hydrogens is 186 g/mol. The first-order valence-corrected chi connectivity index (χ1v) is 4.24. The molecule has 1 aliphatic rings. The van der Waals surface area contributed by atoms with Crippen LogP contribution in [0.5, 0.6) is 0 Å². The zero-order valence-corrected chi connectivity index (χ0v) is 7.86. The van der Waals surface area contributed by atoms with Crippen molar-refractivity contribution in [1.29, 1.82) is 0 Å². The van der Waals surface area contributed by atoms with Gasteiger partial charge >= 0.3 is 11.9 Å². The number of hydrogen-bond acceptors (Lipinski definition) is 3. The van der Waals surface area contributed by atoms with Crippen LogP contribution in [-0.4, -0.2) is 27.7 Å². The summed E-state index contributed by atoms with van der Waals surface area (Å²) in [5, 5.41) is 17.8. The second-order valence-electron chi connectivity index (χ2n) is 3.97. The highest BCUT2D eigenvalue weighted by molar-refractivity contribution is 5.83. The molecule has 5 nitrogen and oxygen atoms in total. The minimum atomic E-state index is -1.46. The average Bonchev–Trinajstić information content (AvgIpc) is 2.03. The molecule has 0 radical (unpaired) electrons. The topological polar surface area (TPSA) is 101 Å². The summed E-state index contributed by atoms with van der Waals surface area (Å²) in [7, 11) is 0. The van der Waals surface area contributed by atoms with E-state index in [4.69, 9.17) is 15.9 Å². The summed E-state index contributed by atoms with van der Waals surface area (Å²) < 4.78 is 0. The molecule has 78 valence electrons. The fourth-order valence-corrected chi connectivity index (χ4v) is 1.63. The Bertz CT molecular complexity index is 312. The van der Waals surface area contributed by atoms with Gasteiger partial charge in [-0.15, -0.1) is 0 Å². The van der Waals surface area contributed by atoms with E-state index in [1.807, 2.05) is 0 Å². The van der Waals surface area contributed by atoms with Gasteiger partial charge in [-0.1, -0.05) is 12.2 Å². The number of carbonyl (C=O) groups is 2. The number of aliphatic carboxylic acids is 2. The summed E-state index contributed by atoms with van der Waals surface area (Å²) in [6.07, 6.45) is 3.11. The third kappa shape index (κ3) is 1.63. The Balaban J connectivity index is 3.00. The highest BCUT2D eigenvalue weighted by Gasteiger charge is 2.46. The van der Waals surface area contributed by atoms with Crippen molar-refractivity contribution < 1.29 is 19.8 Å². The Kier molecular flexibility index (Phi) is 2.37. The van der Waals surface area contributed by atoms with Crippen LogP contribution in [0.25, 0.3) is 0 Å². The predicted octanol–water partition coefficient (Wildman–Crippen LogP) is 0.209. The molecule has 5 heteroatoms. The number of carboxylic acids is 2. The molecule has 0 aromatic carbocycles. The normalized spacial score (nSPS) is 36.7. The zero-order valence-electron chi connectivity index (χ0n) is 7.86. The monoisotopic (exact) mass is 199 g/mol. The van der Waals surface area contributed by atoms with E-state index in [-0.39, 0.29) is 12.8 Å². The van der Waals surface area contributed by atoms with Crippen molar-refractivity contribution in [2.24, 2.45) is 11.1 Å². The van der Waals surface area contributed by atoms with E-state index in [1.54, 1.807) is 0 Å². The highest BCUT2D eigenvalue weighted by Crippen LogP contribution is 2.35. The van der Waals surface area contributed by atoms with Crippen LogP contribution in [0.2, 0.25) is 0 Å². The van der Waals surface area contributed by atoms with Crippen molar-refractivity contribution in [3.8, 4) is 0 Å². The van der Waals surface area contributed by atoms with Gasteiger partial charge in [-0.05, 0) is 19.8 Å². The fraction of sp³-hybridized carbons (Fsp3) is 0.556. The summed E-state index contributed by atoms with van der Waals surface area (Å²) in [5.41, 5.74) is 2.97. The van der Waals surface area contributed by atoms with Gasteiger partial charge in [0.15, 0.2) is 0 Å². The number of carboxylic acid groups (broad SMARTS) is 2. The molecule has 14 heavy (non-hydrogen) atoms. The summed E-state index contributed by atoms with van der Waals surface area (Å²) in [5.74, 6) is -2.21. The first-order valence-electron chi connectivity index (χ1n) is 4.24. The summed E-state index contributed by atoms with van der Waals surface area (Å²) >= 11 is 0. The standard InChI is InChI=1S/C9H13NO4/c1-8(6(11)12)3-2-4-9(10,5-8)7(13)14/h2-3H,4-5,10H2,1H3,(H,11,12)(H,13,14). The van der Waals surface area contributed by atoms with E-state index >= 15 is 0 Å². The molecule has 0 aromatic heterocycles. The maximum absolute atomic E-state index is 10.9. The van der Waals surface area contributed by atoms with Gasteiger partial charge in [0.25, 0.3) is 0 Å². The van der Waals surface area contributed by atoms with Crippen molar-refractivity contribution in [3.05, 3.63) is 12.2 Å². The molecule has 0 aliphatic heterocycles. The van der Waals surface area contributed by atoms with Crippen LogP contribution in [0.1, 0.15) is 19.8 Å². The zero-order chi connectivity index (χ0) is 11.0. The second-order valence-corrected chi connectivity index (χ2v) is 3.97. The van der Waals surface area contributed by atoms with Gasteiger partial charge < -0.3 is 15.9 Å². The largest absolute Gasteiger partial charge is 0.481 e. The fourth-order valence-electron chi connectivity index (χ4n) is 1.63. The van der Waals surface area contributed by atoms with E-state index < -0.39 is 22.9 Å². The number of rotatable bonds is 2. The molecule has 2 atom stereocenters. The lowest BCUT2D eigenvalue weighted by Gasteiger charge is -2.35. The van der Waals surface area contributed by atoms with Gasteiger partial charge in [0.05, 0.1) is 5.41 Å². The minimum absolute atomic E-state index is 0.0822. The van der Waals surface area contributed by atoms with E-state index in [1.165, 1.54) is 19.1 Å². The van der Waals surface area contributed by atoms with E-state index in [2.05, 4.69) is 0 Å². The molecule has 0 heterocycles. The Morgan fingerprint density at radius 3 is 2.36 bits per heavy atom. The molecule has 1 aliphatic carbocycles. The molecule has 0 saturated heterocycles. The van der Waals surface area contributed by atoms with Gasteiger partial charge in [0.1, 0.15) is 5.54 Å². The molecule has 0 saturated carbocycles. The Morgan fingerprint density at radius 2 is 1.93 bits per heavy atom. The smallest absolute Gasteiger partial charge is 0.324 e. The molecule has 0 bridgehead atoms. The van der Waals surface area contributed by atoms with Crippen LogP contribution in [0.3, 0.4) is 0 Å². The van der Waals surface area contributed by atoms with E-state index in [0.717, 1.165) is 0 Å². The van der Waals surface area contributed by atoms with Crippen molar-refractivity contribution in [2.45, 2.75) is 25.3 Å². The first-order chi connectivity index (χ1) is 6.30. The molecule has 0 amide bonds.